The first-order chi connectivity index (χ1) is 17.7. The maximum Gasteiger partial charge on any atom is 0.387 e. The van der Waals surface area contributed by atoms with Crippen LogP contribution in [0.4, 0.5) is 17.6 Å². The number of aliphatic hydroxyl groups is 2. The molecule has 0 aromatic carbocycles. The minimum atomic E-state index is -3.18. The van der Waals surface area contributed by atoms with E-state index in [1.54, 1.807) is 13.8 Å². The van der Waals surface area contributed by atoms with Crippen LogP contribution in [0.1, 0.15) is 68.7 Å². The Morgan fingerprint density at radius 3 is 2.61 bits per heavy atom. The maximum atomic E-state index is 13.4. The lowest BCUT2D eigenvalue weighted by atomic mass is 9.77. The summed E-state index contributed by atoms with van der Waals surface area (Å²) in [5, 5.41) is 28.2. The first kappa shape index (κ1) is 29.8. The van der Waals surface area contributed by atoms with E-state index in [0.29, 0.717) is 30.5 Å². The van der Waals surface area contributed by atoms with Crippen LogP contribution in [-0.2, 0) is 13.0 Å². The Bertz CT molecular complexity index is 1140. The van der Waals surface area contributed by atoms with Crippen LogP contribution in [0.3, 0.4) is 0 Å². The molecule has 0 radical (unpaired) electrons. The van der Waals surface area contributed by atoms with Gasteiger partial charge in [-0.15, -0.1) is 0 Å². The Hall–Kier alpha value is -2.73. The maximum absolute atomic E-state index is 13.4. The van der Waals surface area contributed by atoms with Crippen LogP contribution in [0.2, 0.25) is 0 Å². The molecule has 212 valence electrons. The second kappa shape index (κ2) is 11.6. The number of carbonyl (C=O) groups is 1. The van der Waals surface area contributed by atoms with Crippen molar-refractivity contribution in [3.8, 4) is 17.0 Å². The third-order valence-corrected chi connectivity index (χ3v) is 7.20. The second-order valence-electron chi connectivity index (χ2n) is 10.8. The van der Waals surface area contributed by atoms with E-state index in [1.165, 1.54) is 30.8 Å². The molecule has 2 heterocycles. The number of pyridine rings is 1. The van der Waals surface area contributed by atoms with E-state index < -0.39 is 36.1 Å². The predicted octanol–water partition coefficient (Wildman–Crippen LogP) is 4.35. The zero-order valence-corrected chi connectivity index (χ0v) is 22.3. The second-order valence-corrected chi connectivity index (χ2v) is 10.8. The summed E-state index contributed by atoms with van der Waals surface area (Å²) in [6.45, 7) is 4.95. The molecule has 8 nitrogen and oxygen atoms in total. The van der Waals surface area contributed by atoms with Gasteiger partial charge in [0.15, 0.2) is 5.69 Å². The SMILES string of the molecule is CCn1nc(C(=O)NC[C@]2(O)CC[C@@H](C)C[C@H]2O)c(C)c1-c1cnc(CC(C)(C)C(F)F)cc1OC(F)F. The van der Waals surface area contributed by atoms with Crippen LogP contribution in [0, 0.1) is 18.3 Å². The zero-order chi connectivity index (χ0) is 28.4. The van der Waals surface area contributed by atoms with Gasteiger partial charge in [-0.1, -0.05) is 20.8 Å². The van der Waals surface area contributed by atoms with Gasteiger partial charge in [-0.3, -0.25) is 14.5 Å². The number of ether oxygens (including phenoxy) is 1. The molecule has 2 aromatic heterocycles. The van der Waals surface area contributed by atoms with Gasteiger partial charge in [-0.05, 0) is 39.0 Å². The van der Waals surface area contributed by atoms with Crippen molar-refractivity contribution in [2.75, 3.05) is 6.54 Å². The van der Waals surface area contributed by atoms with Gasteiger partial charge in [0.2, 0.25) is 6.43 Å². The highest BCUT2D eigenvalue weighted by molar-refractivity contribution is 5.95. The molecule has 1 amide bonds. The lowest BCUT2D eigenvalue weighted by Gasteiger charge is -2.39. The smallest absolute Gasteiger partial charge is 0.387 e. The molecule has 1 fully saturated rings. The highest BCUT2D eigenvalue weighted by atomic mass is 19.3. The highest BCUT2D eigenvalue weighted by Gasteiger charge is 2.40. The van der Waals surface area contributed by atoms with Gasteiger partial charge in [0.1, 0.15) is 11.4 Å². The summed E-state index contributed by atoms with van der Waals surface area (Å²) >= 11 is 0. The normalized spacial score (nSPS) is 22.2. The zero-order valence-electron chi connectivity index (χ0n) is 22.3. The summed E-state index contributed by atoms with van der Waals surface area (Å²) in [4.78, 5) is 17.3. The van der Waals surface area contributed by atoms with Crippen LogP contribution < -0.4 is 10.1 Å². The van der Waals surface area contributed by atoms with E-state index in [1.807, 2.05) is 6.92 Å². The molecule has 0 bridgehead atoms. The average Bonchev–Trinajstić information content (AvgIpc) is 3.16. The fourth-order valence-electron chi connectivity index (χ4n) is 4.73. The van der Waals surface area contributed by atoms with Crippen LogP contribution in [-0.4, -0.2) is 62.2 Å². The third kappa shape index (κ3) is 6.45. The Kier molecular flexibility index (Phi) is 9.08. The van der Waals surface area contributed by atoms with Gasteiger partial charge in [0.25, 0.3) is 5.91 Å². The number of aryl methyl sites for hydroxylation is 1. The largest absolute Gasteiger partial charge is 0.434 e. The number of amides is 1. The van der Waals surface area contributed by atoms with Crippen LogP contribution in [0.15, 0.2) is 12.3 Å². The fourth-order valence-corrected chi connectivity index (χ4v) is 4.73. The minimum absolute atomic E-state index is 0.00928. The molecule has 1 aliphatic carbocycles. The number of aliphatic hydroxyl groups excluding tert-OH is 1. The number of nitrogens with zero attached hydrogens (tertiary/aromatic N) is 3. The number of hydrogen-bond acceptors (Lipinski definition) is 6. The molecular formula is C26H36F4N4O4. The monoisotopic (exact) mass is 544 g/mol. The molecule has 38 heavy (non-hydrogen) atoms. The topological polar surface area (TPSA) is 110 Å². The number of rotatable bonds is 10. The Morgan fingerprint density at radius 2 is 2.03 bits per heavy atom. The van der Waals surface area contributed by atoms with Crippen LogP contribution in [0.25, 0.3) is 11.3 Å². The fraction of sp³-hybridized carbons (Fsp3) is 0.654. The molecule has 0 unspecified atom stereocenters. The summed E-state index contributed by atoms with van der Waals surface area (Å²) in [6.07, 6.45) is -1.08. The van der Waals surface area contributed by atoms with Crippen molar-refractivity contribution in [3.63, 3.8) is 0 Å². The summed E-state index contributed by atoms with van der Waals surface area (Å²) in [7, 11) is 0. The summed E-state index contributed by atoms with van der Waals surface area (Å²) in [6, 6.07) is 1.21. The standard InChI is InChI=1S/C26H36F4N4O4/c1-6-34-21(17-12-31-16(10-18(17)38-24(29)30)11-25(4,5)23(27)28)15(3)20(33-34)22(36)32-13-26(37)8-7-14(2)9-19(26)35/h10,12,14,19,23-24,35,37H,6-9,11,13H2,1-5H3,(H,32,36)/t14-,19-,26-/m1/s1. The van der Waals surface area contributed by atoms with E-state index >= 15 is 0 Å². The van der Waals surface area contributed by atoms with Gasteiger partial charge < -0.3 is 20.3 Å². The number of halogens is 4. The van der Waals surface area contributed by atoms with Crippen molar-refractivity contribution < 1.29 is 37.3 Å². The third-order valence-electron chi connectivity index (χ3n) is 7.20. The minimum Gasteiger partial charge on any atom is -0.434 e. The first-order valence-electron chi connectivity index (χ1n) is 12.7. The van der Waals surface area contributed by atoms with E-state index in [0.717, 1.165) is 0 Å². The van der Waals surface area contributed by atoms with Crippen molar-refractivity contribution >= 4 is 5.91 Å². The van der Waals surface area contributed by atoms with Gasteiger partial charge >= 0.3 is 6.61 Å². The molecule has 0 saturated heterocycles. The predicted molar refractivity (Wildman–Crippen MR) is 132 cm³/mol. The number of carbonyl (C=O) groups excluding carboxylic acids is 1. The lowest BCUT2D eigenvalue weighted by Crippen LogP contribution is -2.54. The molecule has 1 aliphatic rings. The number of aromatic nitrogens is 3. The van der Waals surface area contributed by atoms with Crippen molar-refractivity contribution in [1.29, 1.82) is 0 Å². The Labute approximate surface area is 219 Å². The van der Waals surface area contributed by atoms with Crippen LogP contribution in [0.5, 0.6) is 5.75 Å². The molecular weight excluding hydrogens is 508 g/mol. The van der Waals surface area contributed by atoms with Crippen molar-refractivity contribution in [2.24, 2.45) is 11.3 Å². The van der Waals surface area contributed by atoms with E-state index in [-0.39, 0.29) is 48.1 Å². The molecule has 0 aliphatic heterocycles. The van der Waals surface area contributed by atoms with E-state index in [2.05, 4.69) is 15.4 Å². The number of hydrogen-bond donors (Lipinski definition) is 3. The molecule has 2 aromatic rings. The number of alkyl halides is 4. The van der Waals surface area contributed by atoms with Gasteiger partial charge in [-0.2, -0.15) is 13.9 Å². The molecule has 3 N–H and O–H groups in total. The molecule has 3 atom stereocenters. The Morgan fingerprint density at radius 1 is 1.34 bits per heavy atom. The lowest BCUT2D eigenvalue weighted by molar-refractivity contribution is -0.106. The van der Waals surface area contributed by atoms with Gasteiger partial charge in [-0.25, -0.2) is 8.78 Å². The molecule has 3 rings (SSSR count). The average molecular weight is 545 g/mol. The van der Waals surface area contributed by atoms with Crippen LogP contribution >= 0.6 is 0 Å². The first-order valence-corrected chi connectivity index (χ1v) is 12.7. The van der Waals surface area contributed by atoms with Crippen molar-refractivity contribution in [2.45, 2.75) is 91.6 Å². The number of nitrogens with one attached hydrogen (secondary N) is 1. The van der Waals surface area contributed by atoms with E-state index in [4.69, 9.17) is 4.74 Å². The quantitative estimate of drug-likeness (QED) is 0.384. The van der Waals surface area contributed by atoms with Gasteiger partial charge in [0, 0.05) is 48.4 Å². The molecule has 12 heteroatoms. The van der Waals surface area contributed by atoms with Crippen molar-refractivity contribution in [3.05, 3.63) is 29.2 Å². The Balaban J connectivity index is 1.93. The van der Waals surface area contributed by atoms with E-state index in [9.17, 15) is 32.6 Å². The van der Waals surface area contributed by atoms with Gasteiger partial charge in [0.05, 0.1) is 17.4 Å². The molecule has 0 spiro atoms. The van der Waals surface area contributed by atoms with Crippen molar-refractivity contribution in [1.82, 2.24) is 20.1 Å². The molecule has 1 saturated carbocycles. The summed E-state index contributed by atoms with van der Waals surface area (Å²) in [5.74, 6) is -0.611. The summed E-state index contributed by atoms with van der Waals surface area (Å²) in [5.41, 5.74) is -1.93. The highest BCUT2D eigenvalue weighted by Crippen LogP contribution is 2.37. The summed E-state index contributed by atoms with van der Waals surface area (Å²) < 4.78 is 59.5.